The summed E-state index contributed by atoms with van der Waals surface area (Å²) < 4.78 is 0. The molecule has 2 heterocycles. The van der Waals surface area contributed by atoms with Gasteiger partial charge in [0, 0.05) is 36.4 Å². The molecule has 0 atom stereocenters. The van der Waals surface area contributed by atoms with Crippen molar-refractivity contribution in [1.82, 2.24) is 15.2 Å². The molecule has 0 amide bonds. The largest absolute Gasteiger partial charge is 0.308 e. The van der Waals surface area contributed by atoms with Gasteiger partial charge in [0.1, 0.15) is 0 Å². The van der Waals surface area contributed by atoms with Crippen molar-refractivity contribution < 1.29 is 0 Å². The van der Waals surface area contributed by atoms with Crippen LogP contribution in [0.1, 0.15) is 57.3 Å². The van der Waals surface area contributed by atoms with Crippen LogP contribution in [0, 0.1) is 6.92 Å². The average Bonchev–Trinajstić information content (AvgIpc) is 2.45. The maximum Gasteiger partial charge on any atom is 0.0547 e. The van der Waals surface area contributed by atoms with Crippen molar-refractivity contribution in [3.8, 4) is 0 Å². The Bertz CT molecular complexity index is 489. The van der Waals surface area contributed by atoms with Crippen molar-refractivity contribution >= 4 is 0 Å². The molecule has 116 valence electrons. The van der Waals surface area contributed by atoms with Gasteiger partial charge in [0.15, 0.2) is 0 Å². The molecule has 1 N–H and O–H groups in total. The summed E-state index contributed by atoms with van der Waals surface area (Å²) in [5.74, 6) is 0. The first kappa shape index (κ1) is 15.0. The lowest BCUT2D eigenvalue weighted by Crippen LogP contribution is -2.68. The van der Waals surface area contributed by atoms with Gasteiger partial charge in [-0.25, -0.2) is 0 Å². The number of rotatable bonds is 2. The van der Waals surface area contributed by atoms with Gasteiger partial charge in [-0.3, -0.25) is 9.88 Å². The summed E-state index contributed by atoms with van der Waals surface area (Å²) in [5, 5.41) is 3.89. The van der Waals surface area contributed by atoms with Crippen LogP contribution in [0.25, 0.3) is 0 Å². The molecule has 1 aromatic rings. The third-order valence-corrected chi connectivity index (χ3v) is 5.36. The molecule has 1 saturated heterocycles. The Morgan fingerprint density at radius 3 is 2.67 bits per heavy atom. The molecule has 0 aromatic carbocycles. The lowest BCUT2D eigenvalue weighted by molar-refractivity contribution is 0.00404. The first-order chi connectivity index (χ1) is 9.99. The van der Waals surface area contributed by atoms with Gasteiger partial charge in [-0.15, -0.1) is 0 Å². The molecule has 1 aliphatic heterocycles. The first-order valence-electron chi connectivity index (χ1n) is 8.42. The highest BCUT2D eigenvalue weighted by Gasteiger charge is 2.43. The van der Waals surface area contributed by atoms with E-state index in [2.05, 4.69) is 49.2 Å². The predicted octanol–water partition coefficient (Wildman–Crippen LogP) is 3.28. The van der Waals surface area contributed by atoms with E-state index in [0.717, 1.165) is 25.3 Å². The maximum atomic E-state index is 4.70. The SMILES string of the molecule is Cc1cccc(CN2CC3(CCCCC3)NCC2(C)C)n1. The van der Waals surface area contributed by atoms with E-state index >= 15 is 0 Å². The Morgan fingerprint density at radius 1 is 1.19 bits per heavy atom. The summed E-state index contributed by atoms with van der Waals surface area (Å²) in [6.07, 6.45) is 6.84. The highest BCUT2D eigenvalue weighted by Crippen LogP contribution is 2.35. The molecule has 1 aromatic heterocycles. The van der Waals surface area contributed by atoms with Crippen LogP contribution in [0.2, 0.25) is 0 Å². The molecule has 1 spiro atoms. The number of aryl methyl sites for hydroxylation is 1. The Labute approximate surface area is 129 Å². The fourth-order valence-corrected chi connectivity index (χ4v) is 3.87. The quantitative estimate of drug-likeness (QED) is 0.905. The monoisotopic (exact) mass is 287 g/mol. The molecule has 21 heavy (non-hydrogen) atoms. The van der Waals surface area contributed by atoms with Gasteiger partial charge in [-0.2, -0.15) is 0 Å². The van der Waals surface area contributed by atoms with E-state index in [9.17, 15) is 0 Å². The molecular formula is C18H29N3. The summed E-state index contributed by atoms with van der Waals surface area (Å²) in [4.78, 5) is 7.35. The van der Waals surface area contributed by atoms with E-state index in [-0.39, 0.29) is 5.54 Å². The third-order valence-electron chi connectivity index (χ3n) is 5.36. The van der Waals surface area contributed by atoms with Crippen LogP contribution in [-0.2, 0) is 6.54 Å². The summed E-state index contributed by atoms with van der Waals surface area (Å²) in [6, 6.07) is 6.37. The average molecular weight is 287 g/mol. The second kappa shape index (κ2) is 5.69. The fourth-order valence-electron chi connectivity index (χ4n) is 3.87. The van der Waals surface area contributed by atoms with Crippen LogP contribution < -0.4 is 5.32 Å². The molecule has 0 unspecified atom stereocenters. The van der Waals surface area contributed by atoms with Crippen molar-refractivity contribution in [3.63, 3.8) is 0 Å². The molecule has 1 aliphatic carbocycles. The Morgan fingerprint density at radius 2 is 1.95 bits per heavy atom. The van der Waals surface area contributed by atoms with Crippen molar-refractivity contribution in [1.29, 1.82) is 0 Å². The number of nitrogens with one attached hydrogen (secondary N) is 1. The number of pyridine rings is 1. The summed E-state index contributed by atoms with van der Waals surface area (Å²) in [7, 11) is 0. The zero-order valence-corrected chi connectivity index (χ0v) is 13.8. The van der Waals surface area contributed by atoms with Gasteiger partial charge in [-0.1, -0.05) is 25.3 Å². The molecule has 3 heteroatoms. The molecule has 1 saturated carbocycles. The summed E-state index contributed by atoms with van der Waals surface area (Å²) in [6.45, 7) is 10.00. The molecule has 0 radical (unpaired) electrons. The van der Waals surface area contributed by atoms with Gasteiger partial charge in [-0.05, 0) is 45.7 Å². The topological polar surface area (TPSA) is 28.2 Å². The smallest absolute Gasteiger partial charge is 0.0547 e. The van der Waals surface area contributed by atoms with Crippen LogP contribution in [-0.4, -0.2) is 34.1 Å². The maximum absolute atomic E-state index is 4.70. The second-order valence-corrected chi connectivity index (χ2v) is 7.63. The van der Waals surface area contributed by atoms with E-state index in [4.69, 9.17) is 4.98 Å². The second-order valence-electron chi connectivity index (χ2n) is 7.63. The zero-order valence-electron chi connectivity index (χ0n) is 13.8. The van der Waals surface area contributed by atoms with Crippen molar-refractivity contribution in [3.05, 3.63) is 29.6 Å². The summed E-state index contributed by atoms with van der Waals surface area (Å²) in [5.41, 5.74) is 2.88. The lowest BCUT2D eigenvalue weighted by atomic mass is 9.77. The van der Waals surface area contributed by atoms with Gasteiger partial charge in [0.25, 0.3) is 0 Å². The highest BCUT2D eigenvalue weighted by atomic mass is 15.3. The van der Waals surface area contributed by atoms with Crippen LogP contribution in [0.5, 0.6) is 0 Å². The van der Waals surface area contributed by atoms with E-state index in [0.29, 0.717) is 5.54 Å². The Kier molecular flexibility index (Phi) is 4.06. The highest BCUT2D eigenvalue weighted by molar-refractivity contribution is 5.12. The number of hydrogen-bond acceptors (Lipinski definition) is 3. The van der Waals surface area contributed by atoms with E-state index < -0.39 is 0 Å². The van der Waals surface area contributed by atoms with Crippen LogP contribution in [0.15, 0.2) is 18.2 Å². The van der Waals surface area contributed by atoms with Crippen LogP contribution in [0.3, 0.4) is 0 Å². The lowest BCUT2D eigenvalue weighted by Gasteiger charge is -2.53. The number of nitrogens with zero attached hydrogens (tertiary/aromatic N) is 2. The van der Waals surface area contributed by atoms with Gasteiger partial charge in [0.05, 0.1) is 5.69 Å². The van der Waals surface area contributed by atoms with Gasteiger partial charge < -0.3 is 5.32 Å². The van der Waals surface area contributed by atoms with E-state index in [1.165, 1.54) is 37.8 Å². The predicted molar refractivity (Wildman–Crippen MR) is 87.3 cm³/mol. The fraction of sp³-hybridized carbons (Fsp3) is 0.722. The standard InChI is InChI=1S/C18H29N3/c1-15-8-7-9-16(20-15)12-21-14-18(10-5-4-6-11-18)19-13-17(21,2)3/h7-9,19H,4-6,10-14H2,1-3H3. The zero-order chi connectivity index (χ0) is 14.9. The van der Waals surface area contributed by atoms with Crippen molar-refractivity contribution in [2.75, 3.05) is 13.1 Å². The van der Waals surface area contributed by atoms with Crippen molar-refractivity contribution in [2.45, 2.75) is 70.5 Å². The minimum atomic E-state index is 0.203. The van der Waals surface area contributed by atoms with Crippen LogP contribution in [0.4, 0.5) is 0 Å². The Balaban J connectivity index is 1.77. The van der Waals surface area contributed by atoms with E-state index in [1.807, 2.05) is 0 Å². The summed E-state index contributed by atoms with van der Waals surface area (Å²) >= 11 is 0. The number of aromatic nitrogens is 1. The minimum Gasteiger partial charge on any atom is -0.308 e. The number of hydrogen-bond donors (Lipinski definition) is 1. The molecule has 3 rings (SSSR count). The van der Waals surface area contributed by atoms with Crippen LogP contribution >= 0.6 is 0 Å². The van der Waals surface area contributed by atoms with Gasteiger partial charge in [0.2, 0.25) is 0 Å². The van der Waals surface area contributed by atoms with E-state index in [1.54, 1.807) is 0 Å². The minimum absolute atomic E-state index is 0.203. The molecule has 0 bridgehead atoms. The van der Waals surface area contributed by atoms with Gasteiger partial charge >= 0.3 is 0 Å². The normalized spacial score (nSPS) is 25.1. The third kappa shape index (κ3) is 3.29. The Hall–Kier alpha value is -0.930. The van der Waals surface area contributed by atoms with Crippen molar-refractivity contribution in [2.24, 2.45) is 0 Å². The molecule has 2 aliphatic rings. The molecule has 3 nitrogen and oxygen atoms in total. The molecule has 2 fully saturated rings. The molecular weight excluding hydrogens is 258 g/mol. The number of piperazine rings is 1. The first-order valence-corrected chi connectivity index (χ1v) is 8.42.